The molecule has 1 aromatic carbocycles. The molecular weight excluding hydrogens is 181 g/mol. The van der Waals surface area contributed by atoms with Crippen molar-refractivity contribution in [3.8, 4) is 0 Å². The van der Waals surface area contributed by atoms with Gasteiger partial charge in [-0.1, -0.05) is 18.2 Å². The summed E-state index contributed by atoms with van der Waals surface area (Å²) < 4.78 is 0. The van der Waals surface area contributed by atoms with E-state index in [-0.39, 0.29) is 51.4 Å². The van der Waals surface area contributed by atoms with Gasteiger partial charge in [-0.3, -0.25) is 0 Å². The van der Waals surface area contributed by atoms with Gasteiger partial charge in [-0.25, -0.2) is 0 Å². The molecule has 12 heavy (non-hydrogen) atoms. The predicted octanol–water partition coefficient (Wildman–Crippen LogP) is -2.97. The number of carboxylic acid groups (broad SMARTS) is 1. The molecule has 0 aliphatic carbocycles. The van der Waals surface area contributed by atoms with Crippen molar-refractivity contribution < 1.29 is 61.3 Å². The third-order valence-corrected chi connectivity index (χ3v) is 0.800. The second-order valence-corrected chi connectivity index (χ2v) is 1.90. The molecule has 4 heteroatoms. The summed E-state index contributed by atoms with van der Waals surface area (Å²) in [6.45, 7) is 0.972. The molecule has 0 fully saturated rings. The van der Waals surface area contributed by atoms with Crippen molar-refractivity contribution in [2.45, 2.75) is 6.92 Å². The Morgan fingerprint density at radius 2 is 1.67 bits per heavy atom. The van der Waals surface area contributed by atoms with Crippen LogP contribution in [0.25, 0.3) is 0 Å². The smallest absolute Gasteiger partial charge is 0.550 e. The zero-order valence-corrected chi connectivity index (χ0v) is 10.4. The van der Waals surface area contributed by atoms with Gasteiger partial charge in [0.05, 0.1) is 0 Å². The molecule has 0 atom stereocenters. The molecule has 0 aliphatic heterocycles. The summed E-state index contributed by atoms with van der Waals surface area (Å²) >= 11 is 0. The zero-order chi connectivity index (χ0) is 8.69. The van der Waals surface area contributed by atoms with Crippen LogP contribution in [0.15, 0.2) is 30.3 Å². The fourth-order valence-electron chi connectivity index (χ4n) is 0.453. The van der Waals surface area contributed by atoms with E-state index < -0.39 is 5.97 Å². The largest absolute Gasteiger partial charge is 1.00 e. The van der Waals surface area contributed by atoms with E-state index >= 15 is 0 Å². The van der Waals surface area contributed by atoms with Gasteiger partial charge in [0, 0.05) is 11.7 Å². The second-order valence-electron chi connectivity index (χ2n) is 1.90. The van der Waals surface area contributed by atoms with Crippen LogP contribution < -0.4 is 62.2 Å². The van der Waals surface area contributed by atoms with Gasteiger partial charge in [0.15, 0.2) is 0 Å². The molecule has 0 spiro atoms. The third kappa shape index (κ3) is 12.8. The molecule has 0 radical (unpaired) electrons. The van der Waals surface area contributed by atoms with Crippen LogP contribution in [0.2, 0.25) is 0 Å². The molecule has 3 nitrogen and oxygen atoms in total. The van der Waals surface area contributed by atoms with E-state index in [1.54, 1.807) is 0 Å². The van der Waals surface area contributed by atoms with Gasteiger partial charge in [-0.05, 0) is 19.1 Å². The summed E-state index contributed by atoms with van der Waals surface area (Å²) in [5.41, 5.74) is 6.18. The molecular formula is C8H10KNO2. The predicted molar refractivity (Wildman–Crippen MR) is 41.5 cm³/mol. The molecule has 1 aromatic rings. The minimum Gasteiger partial charge on any atom is -0.550 e. The van der Waals surface area contributed by atoms with Gasteiger partial charge in [-0.2, -0.15) is 0 Å². The summed E-state index contributed by atoms with van der Waals surface area (Å²) in [4.78, 5) is 8.89. The number of para-hydroxylation sites is 1. The maximum atomic E-state index is 8.89. The Hall–Kier alpha value is 0.126. The van der Waals surface area contributed by atoms with E-state index in [0.717, 1.165) is 12.6 Å². The number of rotatable bonds is 0. The van der Waals surface area contributed by atoms with Gasteiger partial charge < -0.3 is 15.6 Å². The van der Waals surface area contributed by atoms with Crippen molar-refractivity contribution in [2.75, 3.05) is 5.73 Å². The first-order valence-electron chi connectivity index (χ1n) is 3.11. The van der Waals surface area contributed by atoms with Gasteiger partial charge in [-0.15, -0.1) is 0 Å². The molecule has 0 amide bonds. The number of nitrogens with two attached hydrogens (primary N) is 1. The van der Waals surface area contributed by atoms with Crippen LogP contribution in [0.5, 0.6) is 0 Å². The Kier molecular flexibility index (Phi) is 11.2. The molecule has 1 rings (SSSR count). The normalized spacial score (nSPS) is 7.08. The molecule has 2 N–H and O–H groups in total. The van der Waals surface area contributed by atoms with Crippen LogP contribution in [0, 0.1) is 0 Å². The Bertz CT molecular complexity index is 210. The average molecular weight is 191 g/mol. The van der Waals surface area contributed by atoms with Crippen molar-refractivity contribution in [1.29, 1.82) is 0 Å². The van der Waals surface area contributed by atoms with E-state index in [2.05, 4.69) is 0 Å². The Balaban J connectivity index is 0. The Morgan fingerprint density at radius 1 is 1.33 bits per heavy atom. The van der Waals surface area contributed by atoms with Gasteiger partial charge in [0.25, 0.3) is 0 Å². The average Bonchev–Trinajstić information content (AvgIpc) is 1.87. The summed E-state index contributed by atoms with van der Waals surface area (Å²) in [7, 11) is 0. The van der Waals surface area contributed by atoms with Crippen LogP contribution >= 0.6 is 0 Å². The van der Waals surface area contributed by atoms with Crippen LogP contribution in [0.3, 0.4) is 0 Å². The number of carboxylic acids is 1. The maximum absolute atomic E-state index is 8.89. The fourth-order valence-corrected chi connectivity index (χ4v) is 0.453. The van der Waals surface area contributed by atoms with Crippen molar-refractivity contribution >= 4 is 11.7 Å². The quantitative estimate of drug-likeness (QED) is 0.352. The van der Waals surface area contributed by atoms with Crippen molar-refractivity contribution in [3.63, 3.8) is 0 Å². The zero-order valence-electron chi connectivity index (χ0n) is 7.28. The first-order chi connectivity index (χ1) is 5.13. The monoisotopic (exact) mass is 191 g/mol. The number of carbonyl (C=O) groups excluding carboxylic acids is 1. The summed E-state index contributed by atoms with van der Waals surface area (Å²) in [5.74, 6) is -1.08. The minimum absolute atomic E-state index is 0. The SMILES string of the molecule is CC(=O)[O-].Nc1ccccc1.[K+]. The van der Waals surface area contributed by atoms with Crippen LogP contribution in [0.1, 0.15) is 6.92 Å². The molecule has 0 heterocycles. The first kappa shape index (κ1) is 14.6. The fraction of sp³-hybridized carbons (Fsp3) is 0.125. The van der Waals surface area contributed by atoms with E-state index in [1.807, 2.05) is 30.3 Å². The molecule has 60 valence electrons. The standard InChI is InChI=1S/C6H7N.C2H4O2.K/c7-6-4-2-1-3-5-6;1-2(3)4;/h1-5H,7H2;1H3,(H,3,4);/q;;+1/p-1. The van der Waals surface area contributed by atoms with Gasteiger partial charge in [0.2, 0.25) is 0 Å². The number of hydrogen-bond donors (Lipinski definition) is 1. The molecule has 0 bridgehead atoms. The molecule has 0 aromatic heterocycles. The van der Waals surface area contributed by atoms with E-state index in [9.17, 15) is 0 Å². The molecule has 0 saturated heterocycles. The molecule has 0 unspecified atom stereocenters. The van der Waals surface area contributed by atoms with Crippen LogP contribution in [-0.2, 0) is 4.79 Å². The van der Waals surface area contributed by atoms with E-state index in [1.165, 1.54) is 0 Å². The van der Waals surface area contributed by atoms with Gasteiger partial charge >= 0.3 is 51.4 Å². The van der Waals surface area contributed by atoms with Crippen molar-refractivity contribution in [2.24, 2.45) is 0 Å². The van der Waals surface area contributed by atoms with E-state index in [4.69, 9.17) is 15.6 Å². The van der Waals surface area contributed by atoms with E-state index in [0.29, 0.717) is 0 Å². The molecule has 0 saturated carbocycles. The molecule has 0 aliphatic rings. The van der Waals surface area contributed by atoms with Gasteiger partial charge in [0.1, 0.15) is 0 Å². The number of anilines is 1. The summed E-state index contributed by atoms with van der Waals surface area (Å²) in [6.07, 6.45) is 0. The van der Waals surface area contributed by atoms with Crippen LogP contribution in [0.4, 0.5) is 5.69 Å². The number of hydrogen-bond acceptors (Lipinski definition) is 3. The third-order valence-electron chi connectivity index (χ3n) is 0.800. The van der Waals surface area contributed by atoms with Crippen LogP contribution in [-0.4, -0.2) is 5.97 Å². The topological polar surface area (TPSA) is 66.1 Å². The number of benzene rings is 1. The second kappa shape index (κ2) is 9.22. The summed E-state index contributed by atoms with van der Waals surface area (Å²) in [6, 6.07) is 9.49. The number of nitrogen functional groups attached to an aromatic ring is 1. The summed E-state index contributed by atoms with van der Waals surface area (Å²) in [5, 5.41) is 8.89. The Morgan fingerprint density at radius 3 is 1.83 bits per heavy atom. The van der Waals surface area contributed by atoms with Crippen molar-refractivity contribution in [3.05, 3.63) is 30.3 Å². The van der Waals surface area contributed by atoms with Crippen molar-refractivity contribution in [1.82, 2.24) is 0 Å². The maximum Gasteiger partial charge on any atom is 1.00 e. The number of aliphatic carboxylic acids is 1. The Labute approximate surface area is 114 Å². The minimum atomic E-state index is -1.08. The first-order valence-corrected chi connectivity index (χ1v) is 3.11. The number of carbonyl (C=O) groups is 1.